The zero-order valence-corrected chi connectivity index (χ0v) is 17.8. The Morgan fingerprint density at radius 3 is 2.76 bits per heavy atom. The van der Waals surface area contributed by atoms with Crippen LogP contribution in [0.3, 0.4) is 0 Å². The van der Waals surface area contributed by atoms with Gasteiger partial charge in [-0.25, -0.2) is 0 Å². The first-order valence-corrected chi connectivity index (χ1v) is 10.5. The highest BCUT2D eigenvalue weighted by Gasteiger charge is 2.30. The summed E-state index contributed by atoms with van der Waals surface area (Å²) in [4.78, 5) is 39.5. The Hall–Kier alpha value is -2.51. The largest absolute Gasteiger partial charge is 0.336 e. The van der Waals surface area contributed by atoms with Gasteiger partial charge in [-0.3, -0.25) is 14.4 Å². The molecule has 1 heterocycles. The maximum atomic E-state index is 12.6. The molecule has 3 amide bonds. The van der Waals surface area contributed by atoms with Crippen LogP contribution >= 0.6 is 23.4 Å². The first-order valence-electron chi connectivity index (χ1n) is 9.26. The van der Waals surface area contributed by atoms with Gasteiger partial charge < -0.3 is 15.5 Å². The van der Waals surface area contributed by atoms with Gasteiger partial charge in [0.25, 0.3) is 0 Å². The van der Waals surface area contributed by atoms with Crippen molar-refractivity contribution >= 4 is 52.5 Å². The minimum Gasteiger partial charge on any atom is -0.336 e. The number of hydrogen-bond donors (Lipinski definition) is 2. The predicted octanol–water partition coefficient (Wildman–Crippen LogP) is 3.80. The van der Waals surface area contributed by atoms with Crippen LogP contribution in [0.2, 0.25) is 5.02 Å². The lowest BCUT2D eigenvalue weighted by molar-refractivity contribution is -0.134. The number of para-hydroxylation sites is 1. The van der Waals surface area contributed by atoms with Crippen LogP contribution in [-0.2, 0) is 20.8 Å². The molecule has 0 aliphatic carbocycles. The lowest BCUT2D eigenvalue weighted by Gasteiger charge is -2.25. The average molecular weight is 432 g/mol. The SMILES string of the molecule is CCc1ccccc1NC(=O)CN(C)C(=O)CC1Sc2ccc(Cl)cc2NC1=O. The van der Waals surface area contributed by atoms with E-state index in [4.69, 9.17) is 11.6 Å². The van der Waals surface area contributed by atoms with Crippen molar-refractivity contribution in [2.24, 2.45) is 0 Å². The second-order valence-electron chi connectivity index (χ2n) is 6.75. The van der Waals surface area contributed by atoms with Gasteiger partial charge in [-0.15, -0.1) is 11.8 Å². The Morgan fingerprint density at radius 2 is 2.00 bits per heavy atom. The molecule has 29 heavy (non-hydrogen) atoms. The number of benzene rings is 2. The molecule has 0 saturated heterocycles. The molecule has 0 spiro atoms. The van der Waals surface area contributed by atoms with E-state index in [2.05, 4.69) is 10.6 Å². The number of nitrogens with one attached hydrogen (secondary N) is 2. The summed E-state index contributed by atoms with van der Waals surface area (Å²) in [6, 6.07) is 12.8. The number of anilines is 2. The summed E-state index contributed by atoms with van der Waals surface area (Å²) in [5, 5.41) is 5.62. The van der Waals surface area contributed by atoms with E-state index in [0.29, 0.717) is 10.7 Å². The van der Waals surface area contributed by atoms with E-state index < -0.39 is 5.25 Å². The molecule has 0 aromatic heterocycles. The van der Waals surface area contributed by atoms with Crippen molar-refractivity contribution in [3.05, 3.63) is 53.1 Å². The number of nitrogens with zero attached hydrogens (tertiary/aromatic N) is 1. The summed E-state index contributed by atoms with van der Waals surface area (Å²) in [5.74, 6) is -0.788. The number of rotatable bonds is 6. The van der Waals surface area contributed by atoms with Crippen LogP contribution in [0.25, 0.3) is 0 Å². The summed E-state index contributed by atoms with van der Waals surface area (Å²) in [6.07, 6.45) is 0.805. The summed E-state index contributed by atoms with van der Waals surface area (Å²) < 4.78 is 0. The molecule has 0 bridgehead atoms. The molecule has 3 rings (SSSR count). The van der Waals surface area contributed by atoms with Crippen LogP contribution < -0.4 is 10.6 Å². The van der Waals surface area contributed by atoms with Gasteiger partial charge in [0, 0.05) is 29.1 Å². The summed E-state index contributed by atoms with van der Waals surface area (Å²) in [7, 11) is 1.56. The highest BCUT2D eigenvalue weighted by atomic mass is 35.5. The fraction of sp³-hybridized carbons (Fsp3) is 0.286. The Kier molecular flexibility index (Phi) is 6.82. The number of fused-ring (bicyclic) bond motifs is 1. The molecule has 1 aliphatic rings. The highest BCUT2D eigenvalue weighted by molar-refractivity contribution is 8.01. The van der Waals surface area contributed by atoms with Gasteiger partial charge in [-0.2, -0.15) is 0 Å². The van der Waals surface area contributed by atoms with Gasteiger partial charge in [0.15, 0.2) is 0 Å². The minimum atomic E-state index is -0.553. The molecule has 8 heteroatoms. The number of thioether (sulfide) groups is 1. The minimum absolute atomic E-state index is 0.00783. The molecule has 0 saturated carbocycles. The van der Waals surface area contributed by atoms with E-state index in [0.717, 1.165) is 22.6 Å². The maximum absolute atomic E-state index is 12.6. The Bertz CT molecular complexity index is 951. The molecular formula is C21H22ClN3O3S. The molecule has 2 aromatic carbocycles. The molecule has 1 atom stereocenters. The molecule has 152 valence electrons. The zero-order valence-electron chi connectivity index (χ0n) is 16.2. The Labute approximate surface area is 179 Å². The van der Waals surface area contributed by atoms with Crippen molar-refractivity contribution in [3.8, 4) is 0 Å². The van der Waals surface area contributed by atoms with E-state index in [-0.39, 0.29) is 30.7 Å². The second-order valence-corrected chi connectivity index (χ2v) is 8.43. The summed E-state index contributed by atoms with van der Waals surface area (Å²) >= 11 is 7.28. The van der Waals surface area contributed by atoms with Gasteiger partial charge in [0.2, 0.25) is 17.7 Å². The van der Waals surface area contributed by atoms with Gasteiger partial charge in [-0.1, -0.05) is 36.7 Å². The third-order valence-corrected chi connectivity index (χ3v) is 6.11. The lowest BCUT2D eigenvalue weighted by atomic mass is 10.1. The van der Waals surface area contributed by atoms with E-state index >= 15 is 0 Å². The highest BCUT2D eigenvalue weighted by Crippen LogP contribution is 2.38. The van der Waals surface area contributed by atoms with Gasteiger partial charge in [0.1, 0.15) is 0 Å². The standard InChI is InChI=1S/C21H22ClN3O3S/c1-3-13-6-4-5-7-15(13)23-19(26)12-25(2)20(27)11-18-21(28)24-16-10-14(22)8-9-17(16)29-18/h4-10,18H,3,11-12H2,1-2H3,(H,23,26)(H,24,28). The first-order chi connectivity index (χ1) is 13.9. The van der Waals surface area contributed by atoms with Crippen LogP contribution in [0, 0.1) is 0 Å². The third kappa shape index (κ3) is 5.31. The van der Waals surface area contributed by atoms with Crippen molar-refractivity contribution in [3.63, 3.8) is 0 Å². The van der Waals surface area contributed by atoms with Gasteiger partial charge >= 0.3 is 0 Å². The average Bonchev–Trinajstić information content (AvgIpc) is 2.69. The van der Waals surface area contributed by atoms with Gasteiger partial charge in [-0.05, 0) is 36.2 Å². The monoisotopic (exact) mass is 431 g/mol. The summed E-state index contributed by atoms with van der Waals surface area (Å²) in [6.45, 7) is 1.93. The number of likely N-dealkylation sites (N-methyl/N-ethyl adjacent to an activating group) is 1. The van der Waals surface area contributed by atoms with Crippen molar-refractivity contribution < 1.29 is 14.4 Å². The van der Waals surface area contributed by atoms with Crippen LogP contribution in [0.15, 0.2) is 47.4 Å². The second kappa shape index (κ2) is 9.33. The molecule has 0 fully saturated rings. The van der Waals surface area contributed by atoms with E-state index in [1.807, 2.05) is 37.3 Å². The number of halogens is 1. The fourth-order valence-electron chi connectivity index (χ4n) is 3.02. The van der Waals surface area contributed by atoms with Crippen molar-refractivity contribution in [2.45, 2.75) is 29.9 Å². The number of aryl methyl sites for hydroxylation is 1. The molecule has 0 radical (unpaired) electrons. The van der Waals surface area contributed by atoms with Crippen molar-refractivity contribution in [2.75, 3.05) is 24.2 Å². The molecule has 1 aliphatic heterocycles. The van der Waals surface area contributed by atoms with Crippen molar-refractivity contribution in [1.82, 2.24) is 4.90 Å². The first kappa shape index (κ1) is 21.2. The van der Waals surface area contributed by atoms with Crippen LogP contribution in [0.1, 0.15) is 18.9 Å². The summed E-state index contributed by atoms with van der Waals surface area (Å²) in [5.41, 5.74) is 2.43. The molecule has 6 nitrogen and oxygen atoms in total. The van der Waals surface area contributed by atoms with Gasteiger partial charge in [0.05, 0.1) is 17.5 Å². The van der Waals surface area contributed by atoms with Crippen molar-refractivity contribution in [1.29, 1.82) is 0 Å². The third-order valence-electron chi connectivity index (χ3n) is 4.60. The number of carbonyl (C=O) groups is 3. The smallest absolute Gasteiger partial charge is 0.243 e. The van der Waals surface area contributed by atoms with E-state index in [1.165, 1.54) is 16.7 Å². The molecular weight excluding hydrogens is 410 g/mol. The lowest BCUT2D eigenvalue weighted by Crippen LogP contribution is -2.39. The molecule has 1 unspecified atom stereocenters. The number of hydrogen-bond acceptors (Lipinski definition) is 4. The Balaban J connectivity index is 1.57. The number of carbonyl (C=O) groups excluding carboxylic acids is 3. The quantitative estimate of drug-likeness (QED) is 0.729. The maximum Gasteiger partial charge on any atom is 0.243 e. The van der Waals surface area contributed by atoms with Crippen LogP contribution in [0.4, 0.5) is 11.4 Å². The molecule has 2 aromatic rings. The predicted molar refractivity (Wildman–Crippen MR) is 116 cm³/mol. The Morgan fingerprint density at radius 1 is 1.24 bits per heavy atom. The van der Waals surface area contributed by atoms with E-state index in [9.17, 15) is 14.4 Å². The van der Waals surface area contributed by atoms with Crippen LogP contribution in [-0.4, -0.2) is 41.5 Å². The number of amides is 3. The topological polar surface area (TPSA) is 78.5 Å². The van der Waals surface area contributed by atoms with E-state index in [1.54, 1.807) is 19.2 Å². The fourth-order valence-corrected chi connectivity index (χ4v) is 4.27. The zero-order chi connectivity index (χ0) is 21.0. The normalized spacial score (nSPS) is 15.3. The molecule has 2 N–H and O–H groups in total. The van der Waals surface area contributed by atoms with Crippen LogP contribution in [0.5, 0.6) is 0 Å².